The van der Waals surface area contributed by atoms with E-state index in [0.717, 1.165) is 43.5 Å². The van der Waals surface area contributed by atoms with Crippen LogP contribution < -0.4 is 30.5 Å². The van der Waals surface area contributed by atoms with Gasteiger partial charge in [0, 0.05) is 35.2 Å². The summed E-state index contributed by atoms with van der Waals surface area (Å²) in [5.74, 6) is -0.0964. The van der Waals surface area contributed by atoms with Gasteiger partial charge in [-0.2, -0.15) is 18.4 Å². The van der Waals surface area contributed by atoms with Crippen molar-refractivity contribution in [2.24, 2.45) is 5.92 Å². The third-order valence-corrected chi connectivity index (χ3v) is 11.7. The lowest BCUT2D eigenvalue weighted by Gasteiger charge is -2.37. The number of halogens is 3. The van der Waals surface area contributed by atoms with Crippen LogP contribution in [-0.4, -0.2) is 71.3 Å². The first-order valence-corrected chi connectivity index (χ1v) is 19.9. The SMILES string of the molecule is CCc1cc(N2C(S)N(c3ccc(C#N)c(C(F)(F)F)c3)C(=O)C2(C)C)ccc1OCC[C@H]1CCN(CC(=O)Nc2cccc(NC3CCC(=O)NC3=O)c2)[C@H](C)C1. The molecule has 0 radical (unpaired) electrons. The Morgan fingerprint density at radius 2 is 1.79 bits per heavy atom. The molecular formula is C42H48F3N7O5S. The number of piperidine rings is 2. The fourth-order valence-electron chi connectivity index (χ4n) is 8.02. The number of ether oxygens (including phenoxy) is 1. The first-order valence-electron chi connectivity index (χ1n) is 19.4. The minimum absolute atomic E-state index is 0.00477. The third kappa shape index (κ3) is 9.21. The van der Waals surface area contributed by atoms with Gasteiger partial charge in [0.25, 0.3) is 5.91 Å². The maximum Gasteiger partial charge on any atom is 0.417 e. The number of thiol groups is 1. The second-order valence-electron chi connectivity index (χ2n) is 15.6. The van der Waals surface area contributed by atoms with E-state index in [-0.39, 0.29) is 42.4 Å². The number of nitrogens with one attached hydrogen (secondary N) is 3. The van der Waals surface area contributed by atoms with Crippen LogP contribution in [0, 0.1) is 17.2 Å². The summed E-state index contributed by atoms with van der Waals surface area (Å²) in [6.07, 6.45) is -0.828. The van der Waals surface area contributed by atoms with Gasteiger partial charge in [0.05, 0.1) is 30.3 Å². The molecule has 16 heteroatoms. The van der Waals surface area contributed by atoms with Gasteiger partial charge in [0.15, 0.2) is 5.50 Å². The van der Waals surface area contributed by atoms with Gasteiger partial charge in [0.1, 0.15) is 17.3 Å². The molecule has 0 bridgehead atoms. The number of amides is 4. The van der Waals surface area contributed by atoms with Crippen molar-refractivity contribution < 1.29 is 37.1 Å². The topological polar surface area (TPSA) is 147 Å². The number of benzene rings is 3. The number of carbonyl (C=O) groups is 4. The molecule has 3 aliphatic rings. The maximum absolute atomic E-state index is 13.8. The largest absolute Gasteiger partial charge is 0.493 e. The van der Waals surface area contributed by atoms with E-state index in [1.165, 1.54) is 11.0 Å². The Morgan fingerprint density at radius 1 is 1.05 bits per heavy atom. The van der Waals surface area contributed by atoms with Gasteiger partial charge < -0.3 is 20.3 Å². The Hall–Kier alpha value is -5.27. The molecule has 4 atom stereocenters. The van der Waals surface area contributed by atoms with E-state index in [1.54, 1.807) is 49.1 Å². The summed E-state index contributed by atoms with van der Waals surface area (Å²) >= 11 is 4.73. The number of anilines is 4. The zero-order valence-electron chi connectivity index (χ0n) is 32.9. The average Bonchev–Trinajstić information content (AvgIpc) is 3.35. The minimum Gasteiger partial charge on any atom is -0.493 e. The van der Waals surface area contributed by atoms with Crippen LogP contribution in [0.25, 0.3) is 0 Å². The van der Waals surface area contributed by atoms with Crippen molar-refractivity contribution in [2.75, 3.05) is 40.1 Å². The molecule has 3 aromatic rings. The number of nitrogens with zero attached hydrogens (tertiary/aromatic N) is 4. The molecule has 3 heterocycles. The number of likely N-dealkylation sites (tertiary alicyclic amines) is 1. The van der Waals surface area contributed by atoms with E-state index >= 15 is 0 Å². The quantitative estimate of drug-likeness (QED) is 0.116. The van der Waals surface area contributed by atoms with Gasteiger partial charge in [-0.05, 0) is 125 Å². The predicted molar refractivity (Wildman–Crippen MR) is 218 cm³/mol. The van der Waals surface area contributed by atoms with Gasteiger partial charge in [-0.1, -0.05) is 13.0 Å². The fraction of sp³-hybridized carbons (Fsp3) is 0.452. The zero-order valence-corrected chi connectivity index (χ0v) is 33.8. The van der Waals surface area contributed by atoms with Gasteiger partial charge in [-0.3, -0.25) is 34.3 Å². The fourth-order valence-corrected chi connectivity index (χ4v) is 8.68. The summed E-state index contributed by atoms with van der Waals surface area (Å²) in [6, 6.07) is 17.2. The lowest BCUT2D eigenvalue weighted by atomic mass is 9.89. The predicted octanol–water partition coefficient (Wildman–Crippen LogP) is 6.71. The monoisotopic (exact) mass is 819 g/mol. The van der Waals surface area contributed by atoms with Crippen LogP contribution in [0.1, 0.15) is 76.5 Å². The number of aryl methyl sites for hydroxylation is 1. The Morgan fingerprint density at radius 3 is 2.48 bits per heavy atom. The summed E-state index contributed by atoms with van der Waals surface area (Å²) in [7, 11) is 0. The molecule has 3 aliphatic heterocycles. The van der Waals surface area contributed by atoms with Crippen molar-refractivity contribution >= 4 is 59.0 Å². The molecule has 12 nitrogen and oxygen atoms in total. The molecule has 4 amide bonds. The van der Waals surface area contributed by atoms with Crippen LogP contribution in [-0.2, 0) is 31.8 Å². The zero-order chi connectivity index (χ0) is 41.9. The molecule has 0 spiro atoms. The maximum atomic E-state index is 13.8. The van der Waals surface area contributed by atoms with Crippen LogP contribution in [0.2, 0.25) is 0 Å². The lowest BCUT2D eigenvalue weighted by Crippen LogP contribution is -2.47. The molecule has 3 aromatic carbocycles. The van der Waals surface area contributed by atoms with E-state index in [2.05, 4.69) is 27.8 Å². The van der Waals surface area contributed by atoms with Gasteiger partial charge in [0.2, 0.25) is 17.7 Å². The van der Waals surface area contributed by atoms with Gasteiger partial charge in [-0.15, -0.1) is 12.6 Å². The van der Waals surface area contributed by atoms with Crippen LogP contribution in [0.4, 0.5) is 35.9 Å². The first kappa shape index (κ1) is 42.3. The molecule has 2 unspecified atom stereocenters. The molecule has 58 heavy (non-hydrogen) atoms. The van der Waals surface area contributed by atoms with E-state index < -0.39 is 40.3 Å². The highest BCUT2D eigenvalue weighted by Gasteiger charge is 2.52. The highest BCUT2D eigenvalue weighted by molar-refractivity contribution is 7.81. The highest BCUT2D eigenvalue weighted by Crippen LogP contribution is 2.43. The second kappa shape index (κ2) is 17.3. The Kier molecular flexibility index (Phi) is 12.6. The molecule has 6 rings (SSSR count). The van der Waals surface area contributed by atoms with E-state index in [0.29, 0.717) is 48.2 Å². The van der Waals surface area contributed by atoms with Gasteiger partial charge >= 0.3 is 6.18 Å². The lowest BCUT2D eigenvalue weighted by molar-refractivity contribution is -0.138. The van der Waals surface area contributed by atoms with Crippen molar-refractivity contribution in [3.63, 3.8) is 0 Å². The van der Waals surface area contributed by atoms with Crippen LogP contribution in [0.5, 0.6) is 5.75 Å². The number of rotatable bonds is 12. The number of alkyl halides is 3. The van der Waals surface area contributed by atoms with E-state index in [4.69, 9.17) is 17.4 Å². The van der Waals surface area contributed by atoms with Gasteiger partial charge in [-0.25, -0.2) is 0 Å². The molecule has 0 aliphatic carbocycles. The van der Waals surface area contributed by atoms with E-state index in [1.807, 2.05) is 25.1 Å². The van der Waals surface area contributed by atoms with Crippen LogP contribution in [0.3, 0.4) is 0 Å². The van der Waals surface area contributed by atoms with Crippen molar-refractivity contribution in [3.05, 3.63) is 77.4 Å². The van der Waals surface area contributed by atoms with E-state index in [9.17, 15) is 37.6 Å². The standard InChI is InChI=1S/C42H48F3N7O5S/c1-5-27-20-32(52-40(58)51(39(56)41(52,3)4)31-10-9-28(23-46)33(22-31)42(43,44)45)11-13-35(27)57-18-16-26-15-17-50(25(2)19-26)24-37(54)48-30-8-6-7-29(21-30)47-34-12-14-36(53)49-38(34)55/h6-11,13,20-22,25-26,34,40,47,58H,5,12,14-19,24H2,1-4H3,(H,48,54)(H,49,53,55)/t25-,26-,34?,40?/m1/s1. The minimum atomic E-state index is -4.78. The molecule has 0 saturated carbocycles. The Labute approximate surface area is 341 Å². The molecule has 3 fully saturated rings. The number of carbonyl (C=O) groups excluding carboxylic acids is 4. The van der Waals surface area contributed by atoms with Crippen LogP contribution in [0.15, 0.2) is 60.7 Å². The summed E-state index contributed by atoms with van der Waals surface area (Å²) in [5, 5.41) is 17.7. The van der Waals surface area contributed by atoms with Crippen molar-refractivity contribution in [2.45, 2.75) is 95.5 Å². The highest BCUT2D eigenvalue weighted by atomic mass is 32.1. The molecule has 308 valence electrons. The molecular weight excluding hydrogens is 772 g/mol. The number of hydrogen-bond acceptors (Lipinski definition) is 10. The normalized spacial score (nSPS) is 22.4. The summed E-state index contributed by atoms with van der Waals surface area (Å²) < 4.78 is 47.7. The van der Waals surface area contributed by atoms with Crippen molar-refractivity contribution in [1.82, 2.24) is 10.2 Å². The van der Waals surface area contributed by atoms with Crippen LogP contribution >= 0.6 is 12.6 Å². The Bertz CT molecular complexity index is 2110. The van der Waals surface area contributed by atoms with Crippen molar-refractivity contribution in [1.29, 1.82) is 5.26 Å². The molecule has 3 N–H and O–H groups in total. The average molecular weight is 820 g/mol. The molecule has 0 aromatic heterocycles. The number of hydrogen-bond donors (Lipinski definition) is 4. The smallest absolute Gasteiger partial charge is 0.417 e. The first-order chi connectivity index (χ1) is 27.5. The summed E-state index contributed by atoms with van der Waals surface area (Å²) in [5.41, 5.74) is -0.871. The second-order valence-corrected chi connectivity index (χ2v) is 16.0. The number of imide groups is 1. The third-order valence-electron chi connectivity index (χ3n) is 11.2. The summed E-state index contributed by atoms with van der Waals surface area (Å²) in [6.45, 7) is 9.01. The Balaban J connectivity index is 1.01. The molecule has 3 saturated heterocycles. The summed E-state index contributed by atoms with van der Waals surface area (Å²) in [4.78, 5) is 55.5. The van der Waals surface area contributed by atoms with Crippen molar-refractivity contribution in [3.8, 4) is 11.8 Å². The number of nitriles is 1.